The van der Waals surface area contributed by atoms with Crippen LogP contribution in [0.2, 0.25) is 0 Å². The highest BCUT2D eigenvalue weighted by atomic mass is 31.2. The lowest BCUT2D eigenvalue weighted by Gasteiger charge is -2.30. The number of esters is 1. The van der Waals surface area contributed by atoms with Gasteiger partial charge in [0, 0.05) is 7.11 Å². The van der Waals surface area contributed by atoms with E-state index in [1.165, 1.54) is 21.1 Å². The highest BCUT2D eigenvalue weighted by molar-refractivity contribution is 7.67. The number of hydrogen-bond donors (Lipinski definition) is 0. The first-order valence-corrected chi connectivity index (χ1v) is 7.33. The number of hydrogen-bond acceptors (Lipinski definition) is 7. The molecule has 0 aliphatic carbocycles. The number of carbonyl (C=O) groups excluding carboxylic acids is 2. The van der Waals surface area contributed by atoms with Crippen molar-refractivity contribution in [1.82, 2.24) is 4.67 Å². The van der Waals surface area contributed by atoms with Gasteiger partial charge in [0.1, 0.15) is 0 Å². The lowest BCUT2D eigenvalue weighted by atomic mass is 10.2. The van der Waals surface area contributed by atoms with Crippen LogP contribution >= 0.6 is 7.49 Å². The largest absolute Gasteiger partial charge is 0.467 e. The number of ketones is 1. The molecule has 1 unspecified atom stereocenters. The maximum Gasteiger partial charge on any atom is 0.340 e. The van der Waals surface area contributed by atoms with E-state index in [1.807, 2.05) is 0 Å². The van der Waals surface area contributed by atoms with Gasteiger partial charge in [0.15, 0.2) is 11.9 Å². The molecule has 1 rings (SSSR count). The molecule has 110 valence electrons. The molecule has 1 aliphatic rings. The molecule has 1 fully saturated rings. The topological polar surface area (TPSA) is 74.3 Å². The predicted molar refractivity (Wildman–Crippen MR) is 71.0 cm³/mol. The monoisotopic (exact) mass is 293 g/mol. The lowest BCUT2D eigenvalue weighted by molar-refractivity contribution is -0.148. The van der Waals surface area contributed by atoms with Gasteiger partial charge in [-0.15, -0.1) is 0 Å². The number of Topliss-reactive ketones (excluding diaryl/α,β-unsaturated/α-hetero) is 1. The van der Waals surface area contributed by atoms with E-state index in [-0.39, 0.29) is 11.1 Å². The van der Waals surface area contributed by atoms with E-state index in [2.05, 4.69) is 4.74 Å². The first-order chi connectivity index (χ1) is 8.90. The highest BCUT2D eigenvalue weighted by Crippen LogP contribution is 2.57. The van der Waals surface area contributed by atoms with Gasteiger partial charge >= 0.3 is 5.97 Å². The van der Waals surface area contributed by atoms with Crippen LogP contribution in [-0.4, -0.2) is 69.3 Å². The van der Waals surface area contributed by atoms with Crippen molar-refractivity contribution in [3.63, 3.8) is 0 Å². The third-order valence-electron chi connectivity index (χ3n) is 2.71. The second kappa shape index (κ2) is 6.63. The van der Waals surface area contributed by atoms with Crippen LogP contribution in [0.5, 0.6) is 0 Å². The van der Waals surface area contributed by atoms with Crippen LogP contribution in [0.3, 0.4) is 0 Å². The first kappa shape index (κ1) is 16.3. The van der Waals surface area contributed by atoms with Crippen LogP contribution in [0.25, 0.3) is 0 Å². The van der Waals surface area contributed by atoms with E-state index in [4.69, 9.17) is 13.8 Å². The Morgan fingerprint density at radius 2 is 1.74 bits per heavy atom. The summed E-state index contributed by atoms with van der Waals surface area (Å²) in [5.74, 6) is -0.950. The normalized spacial score (nSPS) is 19.3. The van der Waals surface area contributed by atoms with E-state index < -0.39 is 19.6 Å². The molecule has 8 heteroatoms. The van der Waals surface area contributed by atoms with Crippen molar-refractivity contribution in [2.24, 2.45) is 0 Å². The summed E-state index contributed by atoms with van der Waals surface area (Å²) in [6.45, 7) is 2.11. The van der Waals surface area contributed by atoms with E-state index in [0.717, 1.165) is 0 Å². The minimum atomic E-state index is -2.75. The fraction of sp³-hybridized carbons (Fsp3) is 0.727. The summed E-state index contributed by atoms with van der Waals surface area (Å²) in [4.78, 5) is 23.8. The quantitative estimate of drug-likeness (QED) is 0.533. The second-order valence-electron chi connectivity index (χ2n) is 4.11. The summed E-state index contributed by atoms with van der Waals surface area (Å²) in [7, 11) is 3.31. The van der Waals surface area contributed by atoms with Crippen molar-refractivity contribution in [3.05, 3.63) is 0 Å². The summed E-state index contributed by atoms with van der Waals surface area (Å²) in [6.07, 6.45) is -1.11. The number of carbonyl (C=O) groups is 2. The van der Waals surface area contributed by atoms with Crippen molar-refractivity contribution in [3.8, 4) is 0 Å². The van der Waals surface area contributed by atoms with Crippen molar-refractivity contribution in [2.45, 2.75) is 13.0 Å². The Morgan fingerprint density at radius 3 is 2.05 bits per heavy atom. The Hall–Kier alpha value is -0.720. The van der Waals surface area contributed by atoms with E-state index in [9.17, 15) is 9.59 Å². The Kier molecular flexibility index (Phi) is 5.70. The zero-order chi connectivity index (χ0) is 14.6. The van der Waals surface area contributed by atoms with E-state index in [1.54, 1.807) is 18.8 Å². The van der Waals surface area contributed by atoms with Gasteiger partial charge in [-0.1, -0.05) is 0 Å². The van der Waals surface area contributed by atoms with Crippen LogP contribution < -0.4 is 0 Å². The molecule has 1 atom stereocenters. The molecule has 7 nitrogen and oxygen atoms in total. The molecule has 0 aromatic rings. The van der Waals surface area contributed by atoms with Gasteiger partial charge in [-0.25, -0.2) is 9.46 Å². The minimum absolute atomic E-state index is 0.185. The number of methoxy groups -OCH3 is 2. The minimum Gasteiger partial charge on any atom is -0.467 e. The van der Waals surface area contributed by atoms with Crippen LogP contribution in [0.4, 0.5) is 0 Å². The fourth-order valence-corrected chi connectivity index (χ4v) is 4.70. The van der Waals surface area contributed by atoms with Crippen molar-refractivity contribution in [2.75, 3.05) is 41.5 Å². The third-order valence-corrected chi connectivity index (χ3v) is 5.98. The SMILES string of the molecule is COC(=O)C(OC)C(C(C)=O)=P1(N(C)C)OCCO1. The molecule has 0 bridgehead atoms. The van der Waals surface area contributed by atoms with E-state index >= 15 is 0 Å². The molecular weight excluding hydrogens is 273 g/mol. The Morgan fingerprint density at radius 1 is 1.21 bits per heavy atom. The summed E-state index contributed by atoms with van der Waals surface area (Å²) in [5, 5.41) is 0.185. The Labute approximate surface area is 112 Å². The Balaban J connectivity index is 3.47. The molecule has 1 aliphatic heterocycles. The molecule has 0 amide bonds. The molecule has 1 heterocycles. The van der Waals surface area contributed by atoms with Gasteiger partial charge in [0.2, 0.25) is 7.49 Å². The van der Waals surface area contributed by atoms with Gasteiger partial charge in [-0.05, 0) is 21.0 Å². The number of nitrogens with zero attached hydrogens (tertiary/aromatic N) is 1. The van der Waals surface area contributed by atoms with Crippen LogP contribution in [0.1, 0.15) is 6.92 Å². The standard InChI is InChI=1S/C11H20NO6P/c1-8(13)10(9(15-4)11(14)16-5)19(12(2)3)17-6-7-18-19/h9H,6-7H2,1-5H3. The van der Waals surface area contributed by atoms with Gasteiger partial charge in [-0.2, -0.15) is 0 Å². The number of ether oxygens (including phenoxy) is 2. The molecule has 0 saturated carbocycles. The summed E-state index contributed by atoms with van der Waals surface area (Å²) in [5.41, 5.74) is 0. The molecular formula is C11H20NO6P. The average Bonchev–Trinajstić information content (AvgIpc) is 2.84. The van der Waals surface area contributed by atoms with Crippen LogP contribution in [-0.2, 0) is 28.1 Å². The van der Waals surface area contributed by atoms with Crippen LogP contribution in [0.15, 0.2) is 0 Å². The molecule has 0 aromatic heterocycles. The number of rotatable bonds is 5. The van der Waals surface area contributed by atoms with E-state index in [0.29, 0.717) is 13.2 Å². The zero-order valence-corrected chi connectivity index (χ0v) is 12.7. The first-order valence-electron chi connectivity index (χ1n) is 5.75. The molecule has 0 spiro atoms. The summed E-state index contributed by atoms with van der Waals surface area (Å²) >= 11 is 0. The van der Waals surface area contributed by atoms with Gasteiger partial charge in [-0.3, -0.25) is 4.79 Å². The lowest BCUT2D eigenvalue weighted by Crippen LogP contribution is -2.39. The molecule has 19 heavy (non-hydrogen) atoms. The Bertz CT molecular complexity index is 409. The van der Waals surface area contributed by atoms with Gasteiger partial charge < -0.3 is 18.5 Å². The molecule has 0 N–H and O–H groups in total. The zero-order valence-electron chi connectivity index (χ0n) is 11.8. The second-order valence-corrected chi connectivity index (χ2v) is 6.95. The smallest absolute Gasteiger partial charge is 0.340 e. The van der Waals surface area contributed by atoms with Crippen molar-refractivity contribution in [1.29, 1.82) is 0 Å². The maximum absolute atomic E-state index is 12.0. The summed E-state index contributed by atoms with van der Waals surface area (Å²) in [6, 6.07) is 0. The van der Waals surface area contributed by atoms with Gasteiger partial charge in [0.05, 0.1) is 25.6 Å². The summed E-state index contributed by atoms with van der Waals surface area (Å²) < 4.78 is 22.8. The van der Waals surface area contributed by atoms with Crippen molar-refractivity contribution >= 4 is 24.5 Å². The fourth-order valence-electron chi connectivity index (χ4n) is 1.90. The van der Waals surface area contributed by atoms with Crippen molar-refractivity contribution < 1.29 is 28.1 Å². The van der Waals surface area contributed by atoms with Gasteiger partial charge in [0.25, 0.3) is 0 Å². The maximum atomic E-state index is 12.0. The highest BCUT2D eigenvalue weighted by Gasteiger charge is 2.41. The third kappa shape index (κ3) is 3.07. The molecule has 1 saturated heterocycles. The predicted octanol–water partition coefficient (Wildman–Crippen LogP) is 0.307. The average molecular weight is 293 g/mol. The van der Waals surface area contributed by atoms with Crippen LogP contribution in [0, 0.1) is 0 Å². The molecule has 0 radical (unpaired) electrons. The molecule has 0 aromatic carbocycles.